The molecule has 1 aliphatic heterocycles. The van der Waals surface area contributed by atoms with E-state index in [-0.39, 0.29) is 6.79 Å². The molecule has 1 saturated carbocycles. The molecule has 0 bridgehead atoms. The first-order valence-electron chi connectivity index (χ1n) is 6.95. The fourth-order valence-electron chi connectivity index (χ4n) is 3.04. The van der Waals surface area contributed by atoms with Crippen LogP contribution in [-0.2, 0) is 6.54 Å². The molecule has 0 aromatic heterocycles. The van der Waals surface area contributed by atoms with Crippen LogP contribution in [0.25, 0.3) is 0 Å². The average molecular weight is 282 g/mol. The molecule has 1 aromatic rings. The minimum absolute atomic E-state index is 0.268. The van der Waals surface area contributed by atoms with Crippen LogP contribution in [0.1, 0.15) is 38.2 Å². The van der Waals surface area contributed by atoms with Crippen LogP contribution in [0.5, 0.6) is 11.5 Å². The molecule has 0 radical (unpaired) electrons. The maximum absolute atomic E-state index is 6.18. The van der Waals surface area contributed by atoms with Gasteiger partial charge < -0.3 is 14.8 Å². The van der Waals surface area contributed by atoms with Crippen molar-refractivity contribution >= 4 is 11.6 Å². The lowest BCUT2D eigenvalue weighted by Crippen LogP contribution is -2.29. The highest BCUT2D eigenvalue weighted by Gasteiger charge is 2.28. The summed E-state index contributed by atoms with van der Waals surface area (Å²) < 4.78 is 10.7. The monoisotopic (exact) mass is 281 g/mol. The van der Waals surface area contributed by atoms with Gasteiger partial charge in [-0.25, -0.2) is 0 Å². The first kappa shape index (κ1) is 13.1. The lowest BCUT2D eigenvalue weighted by atomic mass is 9.89. The Morgan fingerprint density at radius 2 is 2.05 bits per heavy atom. The van der Waals surface area contributed by atoms with Crippen molar-refractivity contribution in [3.63, 3.8) is 0 Å². The summed E-state index contributed by atoms with van der Waals surface area (Å²) in [5.74, 6) is 1.43. The van der Waals surface area contributed by atoms with Gasteiger partial charge in [0, 0.05) is 13.1 Å². The van der Waals surface area contributed by atoms with Crippen LogP contribution in [0.15, 0.2) is 12.1 Å². The zero-order chi connectivity index (χ0) is 13.3. The van der Waals surface area contributed by atoms with E-state index in [4.69, 9.17) is 21.1 Å². The zero-order valence-electron chi connectivity index (χ0n) is 11.3. The minimum atomic E-state index is 0.268. The van der Waals surface area contributed by atoms with E-state index >= 15 is 0 Å². The highest BCUT2D eigenvalue weighted by molar-refractivity contribution is 6.32. The van der Waals surface area contributed by atoms with Gasteiger partial charge in [-0.15, -0.1) is 0 Å². The van der Waals surface area contributed by atoms with Crippen LogP contribution in [0, 0.1) is 5.41 Å². The summed E-state index contributed by atoms with van der Waals surface area (Å²) in [5.41, 5.74) is 1.62. The van der Waals surface area contributed by atoms with E-state index < -0.39 is 0 Å². The topological polar surface area (TPSA) is 30.5 Å². The third kappa shape index (κ3) is 2.82. The molecule has 3 nitrogen and oxygen atoms in total. The second-order valence-electron chi connectivity index (χ2n) is 5.93. The fraction of sp³-hybridized carbons (Fsp3) is 0.600. The largest absolute Gasteiger partial charge is 0.454 e. The number of nitrogens with one attached hydrogen (secondary N) is 1. The quantitative estimate of drug-likeness (QED) is 0.912. The number of benzene rings is 1. The molecular formula is C15H20ClNO2. The van der Waals surface area contributed by atoms with Gasteiger partial charge in [0.2, 0.25) is 6.79 Å². The van der Waals surface area contributed by atoms with Gasteiger partial charge >= 0.3 is 0 Å². The molecule has 0 unspecified atom stereocenters. The second kappa shape index (κ2) is 5.22. The summed E-state index contributed by atoms with van der Waals surface area (Å²) in [6.07, 6.45) is 5.41. The van der Waals surface area contributed by atoms with Gasteiger partial charge in [0.25, 0.3) is 0 Å². The van der Waals surface area contributed by atoms with Gasteiger partial charge in [0.1, 0.15) is 0 Å². The van der Waals surface area contributed by atoms with E-state index in [1.165, 1.54) is 25.7 Å². The molecule has 104 valence electrons. The minimum Gasteiger partial charge on any atom is -0.454 e. The molecule has 0 amide bonds. The van der Waals surface area contributed by atoms with E-state index in [1.54, 1.807) is 0 Å². The van der Waals surface area contributed by atoms with Crippen molar-refractivity contribution < 1.29 is 9.47 Å². The molecule has 19 heavy (non-hydrogen) atoms. The van der Waals surface area contributed by atoms with Gasteiger partial charge in [0.15, 0.2) is 11.5 Å². The van der Waals surface area contributed by atoms with Crippen molar-refractivity contribution in [3.05, 3.63) is 22.7 Å². The van der Waals surface area contributed by atoms with E-state index in [0.717, 1.165) is 24.4 Å². The lowest BCUT2D eigenvalue weighted by molar-refractivity contribution is 0.174. The van der Waals surface area contributed by atoms with Crippen molar-refractivity contribution in [2.75, 3.05) is 13.3 Å². The Morgan fingerprint density at radius 1 is 1.26 bits per heavy atom. The van der Waals surface area contributed by atoms with Crippen LogP contribution >= 0.6 is 11.6 Å². The number of hydrogen-bond acceptors (Lipinski definition) is 3. The number of ether oxygens (including phenoxy) is 2. The molecule has 2 aliphatic rings. The summed E-state index contributed by atoms with van der Waals surface area (Å²) in [6.45, 7) is 4.54. The zero-order valence-corrected chi connectivity index (χ0v) is 12.1. The maximum atomic E-state index is 6.18. The van der Waals surface area contributed by atoms with E-state index in [0.29, 0.717) is 16.2 Å². The Hall–Kier alpha value is -0.930. The first-order chi connectivity index (χ1) is 9.16. The van der Waals surface area contributed by atoms with Crippen molar-refractivity contribution in [1.29, 1.82) is 0 Å². The number of hydrogen-bond donors (Lipinski definition) is 1. The third-order valence-electron chi connectivity index (χ3n) is 4.18. The Morgan fingerprint density at radius 3 is 2.84 bits per heavy atom. The smallest absolute Gasteiger partial charge is 0.231 e. The van der Waals surface area contributed by atoms with Crippen molar-refractivity contribution in [2.45, 2.75) is 39.2 Å². The molecule has 0 saturated heterocycles. The van der Waals surface area contributed by atoms with Crippen LogP contribution < -0.4 is 14.8 Å². The molecule has 1 N–H and O–H groups in total. The van der Waals surface area contributed by atoms with Gasteiger partial charge in [0.05, 0.1) is 5.02 Å². The summed E-state index contributed by atoms with van der Waals surface area (Å²) in [6, 6.07) is 3.97. The van der Waals surface area contributed by atoms with E-state index in [9.17, 15) is 0 Å². The average Bonchev–Trinajstić information content (AvgIpc) is 2.98. The fourth-order valence-corrected chi connectivity index (χ4v) is 3.32. The summed E-state index contributed by atoms with van der Waals surface area (Å²) in [7, 11) is 0. The highest BCUT2D eigenvalue weighted by atomic mass is 35.5. The number of halogens is 1. The van der Waals surface area contributed by atoms with Gasteiger partial charge in [-0.05, 0) is 36.0 Å². The summed E-state index contributed by atoms with van der Waals surface area (Å²) >= 11 is 6.18. The summed E-state index contributed by atoms with van der Waals surface area (Å²) in [4.78, 5) is 0. The van der Waals surface area contributed by atoms with Gasteiger partial charge in [-0.1, -0.05) is 31.4 Å². The predicted molar refractivity (Wildman–Crippen MR) is 75.9 cm³/mol. The third-order valence-corrected chi connectivity index (χ3v) is 4.46. The molecule has 1 heterocycles. The van der Waals surface area contributed by atoms with E-state index in [2.05, 4.69) is 12.2 Å². The van der Waals surface area contributed by atoms with Crippen molar-refractivity contribution in [2.24, 2.45) is 5.41 Å². The van der Waals surface area contributed by atoms with Crippen LogP contribution in [0.4, 0.5) is 0 Å². The number of rotatable bonds is 4. The van der Waals surface area contributed by atoms with Crippen LogP contribution in [0.2, 0.25) is 5.02 Å². The Bertz CT molecular complexity index is 469. The Labute approximate surface area is 119 Å². The molecule has 1 fully saturated rings. The molecule has 3 rings (SSSR count). The molecule has 4 heteroatoms. The Balaban J connectivity index is 1.60. The van der Waals surface area contributed by atoms with Crippen molar-refractivity contribution in [3.8, 4) is 11.5 Å². The summed E-state index contributed by atoms with van der Waals surface area (Å²) in [5, 5.41) is 4.19. The standard InChI is InChI=1S/C15H20ClNO2/c1-15(4-2-3-5-15)9-17-8-11-6-12(16)14-13(7-11)18-10-19-14/h6-7,17H,2-5,8-10H2,1H3. The SMILES string of the molecule is CC1(CNCc2cc(Cl)c3c(c2)OCO3)CCCC1. The normalized spacial score (nSPS) is 19.9. The van der Waals surface area contributed by atoms with Crippen LogP contribution in [0.3, 0.4) is 0 Å². The molecule has 1 aliphatic carbocycles. The molecule has 1 aromatic carbocycles. The molecular weight excluding hydrogens is 262 g/mol. The van der Waals surface area contributed by atoms with E-state index in [1.807, 2.05) is 12.1 Å². The van der Waals surface area contributed by atoms with Gasteiger partial charge in [-0.3, -0.25) is 0 Å². The van der Waals surface area contributed by atoms with Gasteiger partial charge in [-0.2, -0.15) is 0 Å². The molecule has 0 atom stereocenters. The molecule has 0 spiro atoms. The highest BCUT2D eigenvalue weighted by Crippen LogP contribution is 2.40. The van der Waals surface area contributed by atoms with Crippen LogP contribution in [-0.4, -0.2) is 13.3 Å². The predicted octanol–water partition coefficient (Wildman–Crippen LogP) is 3.74. The van der Waals surface area contributed by atoms with Crippen molar-refractivity contribution in [1.82, 2.24) is 5.32 Å². The lowest BCUT2D eigenvalue weighted by Gasteiger charge is -2.23. The second-order valence-corrected chi connectivity index (χ2v) is 6.34. The number of fused-ring (bicyclic) bond motifs is 1. The maximum Gasteiger partial charge on any atom is 0.231 e. The Kier molecular flexibility index (Phi) is 3.59. The first-order valence-corrected chi connectivity index (χ1v) is 7.33.